The maximum atomic E-state index is 4.59. The highest BCUT2D eigenvalue weighted by atomic mass is 79.9. The van der Waals surface area contributed by atoms with Gasteiger partial charge in [0.1, 0.15) is 5.82 Å². The Morgan fingerprint density at radius 3 is 2.81 bits per heavy atom. The Hall–Kier alpha value is -1.65. The van der Waals surface area contributed by atoms with Crippen molar-refractivity contribution in [3.8, 4) is 5.69 Å². The summed E-state index contributed by atoms with van der Waals surface area (Å²) in [6.07, 6.45) is 6.33. The van der Waals surface area contributed by atoms with Gasteiger partial charge in [0.2, 0.25) is 0 Å². The van der Waals surface area contributed by atoms with Gasteiger partial charge in [-0.3, -0.25) is 0 Å². The van der Waals surface area contributed by atoms with Gasteiger partial charge >= 0.3 is 0 Å². The van der Waals surface area contributed by atoms with E-state index in [1.807, 2.05) is 6.20 Å². The number of nitrogens with zero attached hydrogens (tertiary/aromatic N) is 2. The number of halogens is 1. The first kappa shape index (κ1) is 13.0. The van der Waals surface area contributed by atoms with Crippen LogP contribution in [0.15, 0.2) is 53.3 Å². The molecule has 0 radical (unpaired) electrons. The van der Waals surface area contributed by atoms with E-state index in [4.69, 9.17) is 0 Å². The normalized spacial score (nSPS) is 18.4. The van der Waals surface area contributed by atoms with Gasteiger partial charge in [0.15, 0.2) is 0 Å². The molecule has 0 spiro atoms. The lowest BCUT2D eigenvalue weighted by atomic mass is 10.1. The zero-order chi connectivity index (χ0) is 14.2. The molecule has 0 aliphatic carbocycles. The Kier molecular flexibility index (Phi) is 3.28. The summed E-state index contributed by atoms with van der Waals surface area (Å²) in [6.45, 7) is 1.08. The van der Waals surface area contributed by atoms with Crippen molar-refractivity contribution in [3.05, 3.63) is 59.1 Å². The quantitative estimate of drug-likeness (QED) is 0.756. The van der Waals surface area contributed by atoms with Gasteiger partial charge in [0.25, 0.3) is 0 Å². The number of nitrogens with one attached hydrogen (secondary N) is 1. The van der Waals surface area contributed by atoms with Crippen LogP contribution in [0, 0.1) is 0 Å². The van der Waals surface area contributed by atoms with Crippen molar-refractivity contribution < 1.29 is 0 Å². The third-order valence-electron chi connectivity index (χ3n) is 4.15. The van der Waals surface area contributed by atoms with E-state index in [1.54, 1.807) is 0 Å². The van der Waals surface area contributed by atoms with Crippen molar-refractivity contribution in [2.45, 2.75) is 18.9 Å². The summed E-state index contributed by atoms with van der Waals surface area (Å²) in [5.74, 6) is 1.11. The van der Waals surface area contributed by atoms with Gasteiger partial charge in [-0.2, -0.15) is 0 Å². The SMILES string of the molecule is Brc1ccc(-n2ccnc2C2CCCN2)c2ccccc12. The highest BCUT2D eigenvalue weighted by molar-refractivity contribution is 9.10. The van der Waals surface area contributed by atoms with Crippen LogP contribution in [0.5, 0.6) is 0 Å². The van der Waals surface area contributed by atoms with Crippen LogP contribution in [0.3, 0.4) is 0 Å². The molecule has 1 unspecified atom stereocenters. The molecule has 1 N–H and O–H groups in total. The fourth-order valence-electron chi connectivity index (χ4n) is 3.14. The van der Waals surface area contributed by atoms with E-state index in [1.165, 1.54) is 22.9 Å². The number of rotatable bonds is 2. The Balaban J connectivity index is 1.92. The van der Waals surface area contributed by atoms with E-state index < -0.39 is 0 Å². The first-order chi connectivity index (χ1) is 10.3. The second-order valence-corrected chi connectivity index (χ2v) is 6.27. The van der Waals surface area contributed by atoms with Crippen LogP contribution < -0.4 is 5.32 Å². The van der Waals surface area contributed by atoms with Crippen molar-refractivity contribution in [2.24, 2.45) is 0 Å². The van der Waals surface area contributed by atoms with E-state index in [2.05, 4.69) is 73.4 Å². The standard InChI is InChI=1S/C17H16BrN3/c18-14-7-8-16(13-5-2-1-4-12(13)14)21-11-10-20-17(21)15-6-3-9-19-15/h1-2,4-5,7-8,10-11,15,19H,3,6,9H2. The zero-order valence-corrected chi connectivity index (χ0v) is 13.2. The third-order valence-corrected chi connectivity index (χ3v) is 4.84. The monoisotopic (exact) mass is 341 g/mol. The first-order valence-electron chi connectivity index (χ1n) is 7.29. The molecule has 1 saturated heterocycles. The summed E-state index contributed by atoms with van der Waals surface area (Å²) in [4.78, 5) is 4.59. The molecule has 1 aliphatic heterocycles. The van der Waals surface area contributed by atoms with E-state index in [0.717, 1.165) is 23.3 Å². The van der Waals surface area contributed by atoms with Gasteiger partial charge in [-0.1, -0.05) is 40.2 Å². The van der Waals surface area contributed by atoms with Crippen LogP contribution >= 0.6 is 15.9 Å². The molecule has 1 atom stereocenters. The molecule has 1 aliphatic rings. The summed E-state index contributed by atoms with van der Waals surface area (Å²) >= 11 is 3.64. The van der Waals surface area contributed by atoms with Gasteiger partial charge in [0.05, 0.1) is 11.7 Å². The summed E-state index contributed by atoms with van der Waals surface area (Å²) in [7, 11) is 0. The maximum absolute atomic E-state index is 4.59. The predicted molar refractivity (Wildman–Crippen MR) is 88.7 cm³/mol. The van der Waals surface area contributed by atoms with Crippen LogP contribution in [0.1, 0.15) is 24.7 Å². The topological polar surface area (TPSA) is 29.9 Å². The van der Waals surface area contributed by atoms with Gasteiger partial charge in [-0.25, -0.2) is 4.98 Å². The zero-order valence-electron chi connectivity index (χ0n) is 11.6. The summed E-state index contributed by atoms with van der Waals surface area (Å²) in [5.41, 5.74) is 1.19. The van der Waals surface area contributed by atoms with E-state index in [-0.39, 0.29) is 0 Å². The molecule has 2 aromatic carbocycles. The van der Waals surface area contributed by atoms with Crippen LogP contribution in [-0.2, 0) is 0 Å². The lowest BCUT2D eigenvalue weighted by Gasteiger charge is -2.15. The minimum absolute atomic E-state index is 0.363. The average molecular weight is 342 g/mol. The molecule has 106 valence electrons. The third kappa shape index (κ3) is 2.19. The molecule has 4 rings (SSSR count). The molecular weight excluding hydrogens is 326 g/mol. The smallest absolute Gasteiger partial charge is 0.130 e. The van der Waals surface area contributed by atoms with Crippen LogP contribution in [0.2, 0.25) is 0 Å². The highest BCUT2D eigenvalue weighted by Gasteiger charge is 2.21. The Morgan fingerprint density at radius 1 is 1.14 bits per heavy atom. The second-order valence-electron chi connectivity index (χ2n) is 5.42. The van der Waals surface area contributed by atoms with Crippen molar-refractivity contribution in [1.29, 1.82) is 0 Å². The first-order valence-corrected chi connectivity index (χ1v) is 8.08. The molecular formula is C17H16BrN3. The number of hydrogen-bond acceptors (Lipinski definition) is 2. The summed E-state index contributed by atoms with van der Waals surface area (Å²) in [6, 6.07) is 13.1. The number of imidazole rings is 1. The second kappa shape index (κ2) is 5.28. The molecule has 1 fully saturated rings. The van der Waals surface area contributed by atoms with Crippen LogP contribution in [0.25, 0.3) is 16.5 Å². The Labute approximate surface area is 132 Å². The molecule has 2 heterocycles. The van der Waals surface area contributed by atoms with E-state index >= 15 is 0 Å². The molecule has 4 heteroatoms. The molecule has 3 aromatic rings. The number of aromatic nitrogens is 2. The average Bonchev–Trinajstić information content (AvgIpc) is 3.19. The highest BCUT2D eigenvalue weighted by Crippen LogP contribution is 2.31. The number of hydrogen-bond donors (Lipinski definition) is 1. The maximum Gasteiger partial charge on any atom is 0.130 e. The molecule has 0 bridgehead atoms. The molecule has 1 aromatic heterocycles. The fraction of sp³-hybridized carbons (Fsp3) is 0.235. The molecule has 0 saturated carbocycles. The van der Waals surface area contributed by atoms with Gasteiger partial charge < -0.3 is 9.88 Å². The molecule has 3 nitrogen and oxygen atoms in total. The summed E-state index contributed by atoms with van der Waals surface area (Å²) < 4.78 is 3.35. The van der Waals surface area contributed by atoms with Gasteiger partial charge in [-0.15, -0.1) is 0 Å². The molecule has 21 heavy (non-hydrogen) atoms. The van der Waals surface area contributed by atoms with Gasteiger partial charge in [-0.05, 0) is 36.9 Å². The predicted octanol–water partition coefficient (Wildman–Crippen LogP) is 4.21. The number of benzene rings is 2. The minimum Gasteiger partial charge on any atom is -0.307 e. The van der Waals surface area contributed by atoms with Gasteiger partial charge in [0, 0.05) is 22.3 Å². The lowest BCUT2D eigenvalue weighted by Crippen LogP contribution is -2.17. The fourth-order valence-corrected chi connectivity index (χ4v) is 3.62. The molecule has 0 amide bonds. The Morgan fingerprint density at radius 2 is 2.00 bits per heavy atom. The van der Waals surface area contributed by atoms with E-state index in [9.17, 15) is 0 Å². The van der Waals surface area contributed by atoms with Crippen molar-refractivity contribution >= 4 is 26.7 Å². The number of fused-ring (bicyclic) bond motifs is 1. The lowest BCUT2D eigenvalue weighted by molar-refractivity contribution is 0.596. The van der Waals surface area contributed by atoms with Crippen molar-refractivity contribution in [2.75, 3.05) is 6.54 Å². The van der Waals surface area contributed by atoms with E-state index in [0.29, 0.717) is 6.04 Å². The van der Waals surface area contributed by atoms with Crippen LogP contribution in [0.4, 0.5) is 0 Å². The van der Waals surface area contributed by atoms with Crippen LogP contribution in [-0.4, -0.2) is 16.1 Å². The summed E-state index contributed by atoms with van der Waals surface area (Å²) in [5, 5.41) is 6.01. The largest absolute Gasteiger partial charge is 0.307 e. The Bertz CT molecular complexity index is 788. The van der Waals surface area contributed by atoms with Crippen molar-refractivity contribution in [1.82, 2.24) is 14.9 Å². The minimum atomic E-state index is 0.363. The van der Waals surface area contributed by atoms with Crippen molar-refractivity contribution in [3.63, 3.8) is 0 Å².